The van der Waals surface area contributed by atoms with E-state index in [9.17, 15) is 17.2 Å². The van der Waals surface area contributed by atoms with Crippen LogP contribution in [0.4, 0.5) is 8.78 Å². The number of aliphatic hydroxyl groups is 1. The molecule has 0 aliphatic rings. The van der Waals surface area contributed by atoms with E-state index in [1.54, 1.807) is 6.92 Å². The third kappa shape index (κ3) is 3.24. The summed E-state index contributed by atoms with van der Waals surface area (Å²) < 4.78 is 52.4. The van der Waals surface area contributed by atoms with Crippen molar-refractivity contribution in [2.45, 2.75) is 30.7 Å². The number of aliphatic hydroxyl groups excluding tert-OH is 1. The van der Waals surface area contributed by atoms with Crippen molar-refractivity contribution in [2.24, 2.45) is 0 Å². The maximum atomic E-state index is 13.4. The van der Waals surface area contributed by atoms with E-state index in [4.69, 9.17) is 5.11 Å². The average Bonchev–Trinajstić information content (AvgIpc) is 2.31. The van der Waals surface area contributed by atoms with Gasteiger partial charge in [0, 0.05) is 0 Å². The maximum absolute atomic E-state index is 13.4. The number of hydrogen-bond acceptors (Lipinski definition) is 3. The molecule has 102 valence electrons. The second kappa shape index (κ2) is 5.29. The first-order valence-corrected chi connectivity index (χ1v) is 6.82. The molecule has 0 radical (unpaired) electrons. The van der Waals surface area contributed by atoms with E-state index >= 15 is 0 Å². The van der Waals surface area contributed by atoms with Gasteiger partial charge < -0.3 is 5.11 Å². The predicted octanol–water partition coefficient (Wildman–Crippen LogP) is 1.40. The maximum Gasteiger partial charge on any atom is 0.244 e. The molecular formula is C11H15F2NO3S. The molecule has 1 rings (SSSR count). The zero-order valence-corrected chi connectivity index (χ0v) is 10.9. The monoisotopic (exact) mass is 279 g/mol. The Labute approximate surface area is 105 Å². The third-order valence-corrected chi connectivity index (χ3v) is 4.35. The molecule has 1 aromatic carbocycles. The van der Waals surface area contributed by atoms with Gasteiger partial charge in [-0.05, 0) is 31.5 Å². The number of sulfonamides is 1. The first kappa shape index (κ1) is 15.0. The molecule has 0 heterocycles. The molecule has 1 unspecified atom stereocenters. The molecule has 0 saturated heterocycles. The van der Waals surface area contributed by atoms with Crippen LogP contribution >= 0.6 is 0 Å². The smallest absolute Gasteiger partial charge is 0.244 e. The lowest BCUT2D eigenvalue weighted by atomic mass is 10.0. The summed E-state index contributed by atoms with van der Waals surface area (Å²) >= 11 is 0. The van der Waals surface area contributed by atoms with Crippen LogP contribution in [0.5, 0.6) is 0 Å². The van der Waals surface area contributed by atoms with Gasteiger partial charge >= 0.3 is 0 Å². The summed E-state index contributed by atoms with van der Waals surface area (Å²) in [5.74, 6) is -1.89. The van der Waals surface area contributed by atoms with E-state index in [0.29, 0.717) is 12.5 Å². The Bertz CT molecular complexity index is 527. The fourth-order valence-corrected chi connectivity index (χ4v) is 2.84. The lowest BCUT2D eigenvalue weighted by Gasteiger charge is -2.26. The van der Waals surface area contributed by atoms with E-state index in [1.165, 1.54) is 6.92 Å². The van der Waals surface area contributed by atoms with Crippen molar-refractivity contribution in [2.75, 3.05) is 6.61 Å². The van der Waals surface area contributed by atoms with Gasteiger partial charge in [0.2, 0.25) is 10.0 Å². The summed E-state index contributed by atoms with van der Waals surface area (Å²) in [7, 11) is -4.22. The quantitative estimate of drug-likeness (QED) is 0.856. The van der Waals surface area contributed by atoms with E-state index in [1.807, 2.05) is 0 Å². The van der Waals surface area contributed by atoms with Crippen LogP contribution in [0, 0.1) is 11.6 Å². The Hall–Kier alpha value is -1.05. The Morgan fingerprint density at radius 3 is 2.50 bits per heavy atom. The summed E-state index contributed by atoms with van der Waals surface area (Å²) in [6.45, 7) is 2.70. The normalized spacial score (nSPS) is 15.4. The molecule has 0 amide bonds. The second-order valence-corrected chi connectivity index (χ2v) is 5.90. The van der Waals surface area contributed by atoms with Crippen molar-refractivity contribution in [3.8, 4) is 0 Å². The van der Waals surface area contributed by atoms with Crippen molar-refractivity contribution in [3.05, 3.63) is 29.8 Å². The SMILES string of the molecule is CCC(C)(CO)NS(=O)(=O)c1cc(F)ccc1F. The van der Waals surface area contributed by atoms with E-state index in [0.717, 1.165) is 12.1 Å². The summed E-state index contributed by atoms with van der Waals surface area (Å²) in [6, 6.07) is 2.18. The number of nitrogens with one attached hydrogen (secondary N) is 1. The van der Waals surface area contributed by atoms with Crippen LogP contribution in [0.2, 0.25) is 0 Å². The van der Waals surface area contributed by atoms with Crippen molar-refractivity contribution < 1.29 is 22.3 Å². The summed E-state index contributed by atoms with van der Waals surface area (Å²) in [5.41, 5.74) is -1.11. The van der Waals surface area contributed by atoms with Crippen LogP contribution in [0.25, 0.3) is 0 Å². The molecule has 0 fully saturated rings. The van der Waals surface area contributed by atoms with Gasteiger partial charge in [0.05, 0.1) is 12.1 Å². The molecule has 2 N–H and O–H groups in total. The van der Waals surface area contributed by atoms with Gasteiger partial charge in [-0.25, -0.2) is 21.9 Å². The van der Waals surface area contributed by atoms with Crippen LogP contribution < -0.4 is 4.72 Å². The van der Waals surface area contributed by atoms with Crippen LogP contribution in [-0.4, -0.2) is 25.7 Å². The van der Waals surface area contributed by atoms with Gasteiger partial charge in [-0.1, -0.05) is 6.92 Å². The predicted molar refractivity (Wildman–Crippen MR) is 62.5 cm³/mol. The molecule has 0 aliphatic carbocycles. The fourth-order valence-electron chi connectivity index (χ4n) is 1.28. The van der Waals surface area contributed by atoms with Crippen molar-refractivity contribution >= 4 is 10.0 Å². The molecular weight excluding hydrogens is 264 g/mol. The minimum atomic E-state index is -4.22. The van der Waals surface area contributed by atoms with E-state index < -0.39 is 38.7 Å². The number of halogens is 2. The third-order valence-electron chi connectivity index (χ3n) is 2.69. The molecule has 0 bridgehead atoms. The Morgan fingerprint density at radius 1 is 1.39 bits per heavy atom. The average molecular weight is 279 g/mol. The van der Waals surface area contributed by atoms with Gasteiger partial charge in [0.25, 0.3) is 0 Å². The number of benzene rings is 1. The first-order chi connectivity index (χ1) is 8.24. The van der Waals surface area contributed by atoms with Crippen LogP contribution in [-0.2, 0) is 10.0 Å². The summed E-state index contributed by atoms with van der Waals surface area (Å²) in [6.07, 6.45) is 0.305. The highest BCUT2D eigenvalue weighted by Crippen LogP contribution is 2.19. The Morgan fingerprint density at radius 2 is 2.00 bits per heavy atom. The minimum absolute atomic E-state index is 0.305. The molecule has 0 aromatic heterocycles. The second-order valence-electron chi connectivity index (χ2n) is 4.25. The molecule has 1 atom stereocenters. The first-order valence-electron chi connectivity index (χ1n) is 5.34. The highest BCUT2D eigenvalue weighted by Gasteiger charge is 2.30. The largest absolute Gasteiger partial charge is 0.394 e. The fraction of sp³-hybridized carbons (Fsp3) is 0.455. The van der Waals surface area contributed by atoms with E-state index in [2.05, 4.69) is 4.72 Å². The highest BCUT2D eigenvalue weighted by molar-refractivity contribution is 7.89. The van der Waals surface area contributed by atoms with Crippen molar-refractivity contribution in [1.82, 2.24) is 4.72 Å². The van der Waals surface area contributed by atoms with E-state index in [-0.39, 0.29) is 0 Å². The van der Waals surface area contributed by atoms with Crippen molar-refractivity contribution in [1.29, 1.82) is 0 Å². The van der Waals surface area contributed by atoms with Crippen LogP contribution in [0.1, 0.15) is 20.3 Å². The molecule has 7 heteroatoms. The topological polar surface area (TPSA) is 66.4 Å². The zero-order valence-electron chi connectivity index (χ0n) is 10.1. The minimum Gasteiger partial charge on any atom is -0.394 e. The Kier molecular flexibility index (Phi) is 4.41. The zero-order chi connectivity index (χ0) is 14.0. The number of rotatable bonds is 5. The molecule has 18 heavy (non-hydrogen) atoms. The highest BCUT2D eigenvalue weighted by atomic mass is 32.2. The van der Waals surface area contributed by atoms with Crippen LogP contribution in [0.15, 0.2) is 23.1 Å². The van der Waals surface area contributed by atoms with Gasteiger partial charge in [0.1, 0.15) is 16.5 Å². The molecule has 1 aromatic rings. The lowest BCUT2D eigenvalue weighted by molar-refractivity contribution is 0.191. The standard InChI is InChI=1S/C11H15F2NO3S/c1-3-11(2,7-15)14-18(16,17)10-6-8(12)4-5-9(10)13/h4-6,14-15H,3,7H2,1-2H3. The summed E-state index contributed by atoms with van der Waals surface area (Å²) in [4.78, 5) is -0.768. The molecule has 0 spiro atoms. The van der Waals surface area contributed by atoms with Gasteiger partial charge in [-0.2, -0.15) is 0 Å². The molecule has 4 nitrogen and oxygen atoms in total. The molecule has 0 saturated carbocycles. The Balaban J connectivity index is 3.18. The lowest BCUT2D eigenvalue weighted by Crippen LogP contribution is -2.48. The number of hydrogen-bond donors (Lipinski definition) is 2. The summed E-state index contributed by atoms with van der Waals surface area (Å²) in [5, 5.41) is 9.12. The van der Waals surface area contributed by atoms with Crippen molar-refractivity contribution in [3.63, 3.8) is 0 Å². The molecule has 0 aliphatic heterocycles. The van der Waals surface area contributed by atoms with Gasteiger partial charge in [0.15, 0.2) is 0 Å². The van der Waals surface area contributed by atoms with Gasteiger partial charge in [-0.15, -0.1) is 0 Å². The van der Waals surface area contributed by atoms with Gasteiger partial charge in [-0.3, -0.25) is 0 Å². The van der Waals surface area contributed by atoms with Crippen LogP contribution in [0.3, 0.4) is 0 Å².